The van der Waals surface area contributed by atoms with E-state index in [4.69, 9.17) is 0 Å². The first-order chi connectivity index (χ1) is 9.47. The molecule has 0 atom stereocenters. The van der Waals surface area contributed by atoms with Crippen molar-refractivity contribution in [2.75, 3.05) is 23.3 Å². The second-order valence-corrected chi connectivity index (χ2v) is 6.65. The van der Waals surface area contributed by atoms with Gasteiger partial charge < -0.3 is 10.2 Å². The lowest BCUT2D eigenvalue weighted by Crippen LogP contribution is -2.27. The molecule has 1 aliphatic rings. The van der Waals surface area contributed by atoms with Crippen LogP contribution in [0.5, 0.6) is 0 Å². The number of anilines is 2. The van der Waals surface area contributed by atoms with Crippen LogP contribution in [-0.4, -0.2) is 19.0 Å². The van der Waals surface area contributed by atoms with Crippen LogP contribution in [-0.2, 0) is 4.79 Å². The van der Waals surface area contributed by atoms with Crippen molar-refractivity contribution >= 4 is 17.3 Å². The molecule has 3 heteroatoms. The van der Waals surface area contributed by atoms with Crippen molar-refractivity contribution in [3.05, 3.63) is 24.3 Å². The average molecular weight is 274 g/mol. The van der Waals surface area contributed by atoms with Gasteiger partial charge >= 0.3 is 0 Å². The Balaban J connectivity index is 2.00. The van der Waals surface area contributed by atoms with Gasteiger partial charge in [0, 0.05) is 29.9 Å². The van der Waals surface area contributed by atoms with Crippen LogP contribution in [0.25, 0.3) is 0 Å². The van der Waals surface area contributed by atoms with Gasteiger partial charge in [-0.15, -0.1) is 0 Å². The highest BCUT2D eigenvalue weighted by atomic mass is 16.2. The number of hydrogen-bond acceptors (Lipinski definition) is 2. The fourth-order valence-corrected chi connectivity index (χ4v) is 2.40. The molecular weight excluding hydrogens is 248 g/mol. The molecule has 1 aromatic carbocycles. The lowest BCUT2D eigenvalue weighted by molar-refractivity contribution is -0.123. The molecule has 0 aromatic heterocycles. The molecule has 1 saturated heterocycles. The van der Waals surface area contributed by atoms with Crippen LogP contribution in [0.3, 0.4) is 0 Å². The van der Waals surface area contributed by atoms with E-state index in [1.54, 1.807) is 0 Å². The standard InChI is InChI=1S/C17H26N2O/c1-17(2,3)16(20)18-14-8-10-15(11-9-14)19-12-6-4-5-7-13-19/h8-11H,4-7,12-13H2,1-3H3,(H,18,20). The Morgan fingerprint density at radius 3 is 2.05 bits per heavy atom. The number of nitrogens with zero attached hydrogens (tertiary/aromatic N) is 1. The molecule has 1 fully saturated rings. The van der Waals surface area contributed by atoms with Gasteiger partial charge in [0.05, 0.1) is 0 Å². The Hall–Kier alpha value is -1.51. The van der Waals surface area contributed by atoms with Crippen LogP contribution in [0.15, 0.2) is 24.3 Å². The summed E-state index contributed by atoms with van der Waals surface area (Å²) in [7, 11) is 0. The molecule has 0 bridgehead atoms. The second kappa shape index (κ2) is 6.29. The fourth-order valence-electron chi connectivity index (χ4n) is 2.40. The molecule has 1 aromatic rings. The van der Waals surface area contributed by atoms with Crippen LogP contribution in [0, 0.1) is 5.41 Å². The van der Waals surface area contributed by atoms with E-state index in [9.17, 15) is 4.79 Å². The number of amides is 1. The first-order valence-electron chi connectivity index (χ1n) is 7.63. The van der Waals surface area contributed by atoms with Crippen LogP contribution >= 0.6 is 0 Å². The maximum Gasteiger partial charge on any atom is 0.229 e. The molecule has 0 radical (unpaired) electrons. The summed E-state index contributed by atoms with van der Waals surface area (Å²) in [6, 6.07) is 8.24. The van der Waals surface area contributed by atoms with Gasteiger partial charge in [0.2, 0.25) is 5.91 Å². The molecule has 110 valence electrons. The maximum atomic E-state index is 11.9. The molecule has 0 saturated carbocycles. The molecule has 20 heavy (non-hydrogen) atoms. The predicted octanol–water partition coefficient (Wildman–Crippen LogP) is 4.05. The highest BCUT2D eigenvalue weighted by molar-refractivity contribution is 5.94. The van der Waals surface area contributed by atoms with Crippen molar-refractivity contribution in [1.29, 1.82) is 0 Å². The summed E-state index contributed by atoms with van der Waals surface area (Å²) in [5, 5.41) is 2.97. The Morgan fingerprint density at radius 1 is 1.00 bits per heavy atom. The van der Waals surface area contributed by atoms with Crippen molar-refractivity contribution in [3.8, 4) is 0 Å². The maximum absolute atomic E-state index is 11.9. The molecule has 1 N–H and O–H groups in total. The Bertz CT molecular complexity index is 437. The van der Waals surface area contributed by atoms with E-state index in [-0.39, 0.29) is 11.3 Å². The lowest BCUT2D eigenvalue weighted by atomic mass is 9.95. The Kier molecular flexibility index (Phi) is 4.69. The summed E-state index contributed by atoms with van der Waals surface area (Å²) in [6.45, 7) is 8.07. The minimum absolute atomic E-state index is 0.0556. The third-order valence-electron chi connectivity index (χ3n) is 3.78. The SMILES string of the molecule is CC(C)(C)C(=O)Nc1ccc(N2CCCCCC2)cc1. The summed E-state index contributed by atoms with van der Waals surface area (Å²) in [4.78, 5) is 14.4. The van der Waals surface area contributed by atoms with Crippen LogP contribution < -0.4 is 10.2 Å². The summed E-state index contributed by atoms with van der Waals surface area (Å²) < 4.78 is 0. The highest BCUT2D eigenvalue weighted by Gasteiger charge is 2.21. The summed E-state index contributed by atoms with van der Waals surface area (Å²) in [5.41, 5.74) is 1.79. The number of hydrogen-bond donors (Lipinski definition) is 1. The van der Waals surface area contributed by atoms with Gasteiger partial charge in [-0.1, -0.05) is 33.6 Å². The first kappa shape index (κ1) is 14.9. The second-order valence-electron chi connectivity index (χ2n) is 6.65. The van der Waals surface area contributed by atoms with Gasteiger partial charge in [-0.3, -0.25) is 4.79 Å². The molecular formula is C17H26N2O. The van der Waals surface area contributed by atoms with Gasteiger partial charge in [0.25, 0.3) is 0 Å². The van der Waals surface area contributed by atoms with Crippen molar-refractivity contribution in [3.63, 3.8) is 0 Å². The highest BCUT2D eigenvalue weighted by Crippen LogP contribution is 2.23. The largest absolute Gasteiger partial charge is 0.372 e. The minimum Gasteiger partial charge on any atom is -0.372 e. The van der Waals surface area contributed by atoms with Crippen molar-refractivity contribution in [1.82, 2.24) is 0 Å². The third kappa shape index (κ3) is 3.99. The third-order valence-corrected chi connectivity index (χ3v) is 3.78. The van der Waals surface area contributed by atoms with E-state index in [0.717, 1.165) is 18.8 Å². The Morgan fingerprint density at radius 2 is 1.55 bits per heavy atom. The fraction of sp³-hybridized carbons (Fsp3) is 0.588. The van der Waals surface area contributed by atoms with Gasteiger partial charge in [-0.25, -0.2) is 0 Å². The molecule has 0 aliphatic carbocycles. The zero-order valence-corrected chi connectivity index (χ0v) is 12.9. The molecule has 0 unspecified atom stereocenters. The monoisotopic (exact) mass is 274 g/mol. The van der Waals surface area contributed by atoms with Gasteiger partial charge in [0.1, 0.15) is 0 Å². The molecule has 1 aliphatic heterocycles. The molecule has 2 rings (SSSR count). The van der Waals surface area contributed by atoms with E-state index in [1.807, 2.05) is 32.9 Å². The summed E-state index contributed by atoms with van der Waals surface area (Å²) >= 11 is 0. The van der Waals surface area contributed by atoms with Crippen LogP contribution in [0.2, 0.25) is 0 Å². The van der Waals surface area contributed by atoms with Crippen LogP contribution in [0.1, 0.15) is 46.5 Å². The number of carbonyl (C=O) groups is 1. The van der Waals surface area contributed by atoms with Gasteiger partial charge in [-0.2, -0.15) is 0 Å². The Labute approximate surface area is 122 Å². The molecule has 1 amide bonds. The van der Waals surface area contributed by atoms with Crippen LogP contribution in [0.4, 0.5) is 11.4 Å². The van der Waals surface area contributed by atoms with E-state index >= 15 is 0 Å². The number of benzene rings is 1. The smallest absolute Gasteiger partial charge is 0.229 e. The van der Waals surface area contributed by atoms with E-state index < -0.39 is 0 Å². The normalized spacial score (nSPS) is 16.6. The topological polar surface area (TPSA) is 32.3 Å². The van der Waals surface area contributed by atoms with Crippen molar-refractivity contribution in [2.24, 2.45) is 5.41 Å². The number of rotatable bonds is 2. The zero-order chi connectivity index (χ0) is 14.6. The average Bonchev–Trinajstić information content (AvgIpc) is 2.67. The number of carbonyl (C=O) groups excluding carboxylic acids is 1. The summed E-state index contributed by atoms with van der Waals surface area (Å²) in [5.74, 6) is 0.0556. The van der Waals surface area contributed by atoms with E-state index in [1.165, 1.54) is 31.4 Å². The van der Waals surface area contributed by atoms with Crippen molar-refractivity contribution in [2.45, 2.75) is 46.5 Å². The van der Waals surface area contributed by atoms with E-state index in [2.05, 4.69) is 22.3 Å². The molecule has 3 nitrogen and oxygen atoms in total. The molecule has 1 heterocycles. The number of nitrogens with one attached hydrogen (secondary N) is 1. The molecule has 0 spiro atoms. The lowest BCUT2D eigenvalue weighted by Gasteiger charge is -2.23. The van der Waals surface area contributed by atoms with Crippen molar-refractivity contribution < 1.29 is 4.79 Å². The summed E-state index contributed by atoms with van der Waals surface area (Å²) in [6.07, 6.45) is 5.25. The quantitative estimate of drug-likeness (QED) is 0.882. The first-order valence-corrected chi connectivity index (χ1v) is 7.63. The predicted molar refractivity (Wildman–Crippen MR) is 85.2 cm³/mol. The van der Waals surface area contributed by atoms with E-state index in [0.29, 0.717) is 0 Å². The minimum atomic E-state index is -0.358. The van der Waals surface area contributed by atoms with Gasteiger partial charge in [0.15, 0.2) is 0 Å². The van der Waals surface area contributed by atoms with Gasteiger partial charge in [-0.05, 0) is 37.1 Å². The zero-order valence-electron chi connectivity index (χ0n) is 12.9.